The van der Waals surface area contributed by atoms with Gasteiger partial charge in [-0.2, -0.15) is 5.26 Å². The van der Waals surface area contributed by atoms with Crippen molar-refractivity contribution in [3.63, 3.8) is 0 Å². The van der Waals surface area contributed by atoms with Crippen molar-refractivity contribution in [2.24, 2.45) is 5.41 Å². The average Bonchev–Trinajstić information content (AvgIpc) is 3.64. The van der Waals surface area contributed by atoms with Gasteiger partial charge in [0.05, 0.1) is 24.0 Å². The summed E-state index contributed by atoms with van der Waals surface area (Å²) in [7, 11) is 1.63. The molecule has 5 heterocycles. The number of anilines is 1. The molecule has 3 aromatic rings. The maximum absolute atomic E-state index is 12.6. The molecule has 0 atom stereocenters. The summed E-state index contributed by atoms with van der Waals surface area (Å²) >= 11 is 8.46. The van der Waals surface area contributed by atoms with Crippen molar-refractivity contribution in [2.45, 2.75) is 59.4 Å². The zero-order valence-electron chi connectivity index (χ0n) is 24.7. The number of methoxy groups -OCH3 is 1. The number of pyridine rings is 1. The van der Waals surface area contributed by atoms with E-state index in [1.165, 1.54) is 4.88 Å². The van der Waals surface area contributed by atoms with E-state index in [0.29, 0.717) is 48.3 Å². The lowest BCUT2D eigenvalue weighted by Gasteiger charge is -2.47. The largest absolute Gasteiger partial charge is 0.497 e. The van der Waals surface area contributed by atoms with Crippen LogP contribution in [0.15, 0.2) is 23.7 Å². The molecule has 42 heavy (non-hydrogen) atoms. The predicted octanol–water partition coefficient (Wildman–Crippen LogP) is 6.01. The zero-order chi connectivity index (χ0) is 29.8. The van der Waals surface area contributed by atoms with Gasteiger partial charge in [0.1, 0.15) is 28.8 Å². The van der Waals surface area contributed by atoms with Crippen molar-refractivity contribution < 1.29 is 14.3 Å². The molecule has 2 saturated heterocycles. The fourth-order valence-corrected chi connectivity index (χ4v) is 7.32. The number of likely N-dealkylation sites (tertiary alicyclic amines) is 1. The molecule has 1 spiro atoms. The Balaban J connectivity index is 1.34. The van der Waals surface area contributed by atoms with Crippen LogP contribution in [-0.4, -0.2) is 64.8 Å². The number of aromatic nitrogens is 2. The van der Waals surface area contributed by atoms with Crippen LogP contribution in [0.1, 0.15) is 54.6 Å². The molecule has 1 amide bonds. The summed E-state index contributed by atoms with van der Waals surface area (Å²) in [5.74, 6) is 1.37. The lowest BCUT2D eigenvalue weighted by Crippen LogP contribution is -2.60. The molecular formula is C31H35ClN6O3S. The van der Waals surface area contributed by atoms with Crippen LogP contribution < -0.4 is 9.64 Å². The molecule has 9 nitrogen and oxygen atoms in total. The Kier molecular flexibility index (Phi) is 7.32. The van der Waals surface area contributed by atoms with Crippen LogP contribution in [0.3, 0.4) is 0 Å². The molecule has 0 unspecified atom stereocenters. The highest BCUT2D eigenvalue weighted by Crippen LogP contribution is 2.46. The first-order chi connectivity index (χ1) is 20.0. The molecule has 0 radical (unpaired) electrons. The van der Waals surface area contributed by atoms with Crippen LogP contribution in [0.2, 0.25) is 5.02 Å². The van der Waals surface area contributed by atoms with E-state index >= 15 is 0 Å². The molecule has 3 aliphatic rings. The first-order valence-electron chi connectivity index (χ1n) is 14.1. The number of rotatable bonds is 5. The Labute approximate surface area is 255 Å². The van der Waals surface area contributed by atoms with Crippen molar-refractivity contribution in [3.8, 4) is 22.9 Å². The van der Waals surface area contributed by atoms with Gasteiger partial charge in [0.15, 0.2) is 0 Å². The van der Waals surface area contributed by atoms with Crippen molar-refractivity contribution in [2.75, 3.05) is 38.2 Å². The second-order valence-electron chi connectivity index (χ2n) is 12.6. The highest BCUT2D eigenvalue weighted by atomic mass is 35.5. The minimum Gasteiger partial charge on any atom is -0.497 e. The van der Waals surface area contributed by atoms with Crippen molar-refractivity contribution in [1.82, 2.24) is 19.8 Å². The topological polar surface area (TPSA) is 94.8 Å². The average molecular weight is 607 g/mol. The summed E-state index contributed by atoms with van der Waals surface area (Å²) in [4.78, 5) is 29.8. The number of benzene rings is 1. The maximum atomic E-state index is 12.6. The Morgan fingerprint density at radius 3 is 2.69 bits per heavy atom. The SMILES string of the molecule is COc1ccc(Cl)c(-c2c(C#N)c(N3CCC4(CN(C(=O)OC(C)(C)C)C4)C3)nc3c2CN(Cc2scnc2C)C3)c1. The lowest BCUT2D eigenvalue weighted by molar-refractivity contribution is -0.0266. The third kappa shape index (κ3) is 5.30. The number of aryl methyl sites for hydroxylation is 1. The van der Waals surface area contributed by atoms with E-state index in [4.69, 9.17) is 26.1 Å². The second kappa shape index (κ2) is 10.7. The normalized spacial score (nSPS) is 17.7. The number of amides is 1. The summed E-state index contributed by atoms with van der Waals surface area (Å²) in [6.07, 6.45) is 0.647. The summed E-state index contributed by atoms with van der Waals surface area (Å²) in [6.45, 7) is 12.5. The van der Waals surface area contributed by atoms with Crippen molar-refractivity contribution >= 4 is 34.8 Å². The Morgan fingerprint density at radius 2 is 2.02 bits per heavy atom. The quantitative estimate of drug-likeness (QED) is 0.348. The van der Waals surface area contributed by atoms with Gasteiger partial charge in [0.25, 0.3) is 0 Å². The summed E-state index contributed by atoms with van der Waals surface area (Å²) in [5, 5.41) is 11.2. The Hall–Kier alpha value is -3.39. The second-order valence-corrected chi connectivity index (χ2v) is 13.9. The molecule has 11 heteroatoms. The minimum absolute atomic E-state index is 0.0339. The van der Waals surface area contributed by atoms with Gasteiger partial charge in [-0.05, 0) is 57.9 Å². The summed E-state index contributed by atoms with van der Waals surface area (Å²) in [6, 6.07) is 8.07. The Bertz CT molecular complexity index is 1590. The van der Waals surface area contributed by atoms with E-state index in [-0.39, 0.29) is 11.5 Å². The molecule has 6 rings (SSSR count). The number of hydrogen-bond donors (Lipinski definition) is 0. The lowest BCUT2D eigenvalue weighted by atomic mass is 9.79. The zero-order valence-corrected chi connectivity index (χ0v) is 26.2. The Morgan fingerprint density at radius 1 is 1.24 bits per heavy atom. The molecule has 2 aromatic heterocycles. The smallest absolute Gasteiger partial charge is 0.410 e. The van der Waals surface area contributed by atoms with Gasteiger partial charge in [0.2, 0.25) is 0 Å². The van der Waals surface area contributed by atoms with E-state index in [0.717, 1.165) is 54.1 Å². The van der Waals surface area contributed by atoms with Gasteiger partial charge >= 0.3 is 6.09 Å². The van der Waals surface area contributed by atoms with Crippen LogP contribution >= 0.6 is 22.9 Å². The standard InChI is InChI=1S/C31H35ClN6O3S/c1-19-26(42-18-34-19)14-36-12-23-25(13-36)35-28(22(11-33)27(23)21-10-20(40-5)6-7-24(21)32)37-9-8-31(15-37)16-38(17-31)29(39)41-30(2,3)4/h6-7,10,18H,8-9,12-17H2,1-5H3. The van der Waals surface area contributed by atoms with Crippen LogP contribution in [0.25, 0.3) is 11.1 Å². The van der Waals surface area contributed by atoms with E-state index in [1.807, 2.05) is 51.4 Å². The fraction of sp³-hybridized carbons (Fsp3) is 0.484. The third-order valence-corrected chi connectivity index (χ3v) is 9.58. The number of nitriles is 1. The molecule has 0 N–H and O–H groups in total. The highest BCUT2D eigenvalue weighted by Gasteiger charge is 2.51. The van der Waals surface area contributed by atoms with E-state index in [9.17, 15) is 10.1 Å². The third-order valence-electron chi connectivity index (χ3n) is 8.33. The summed E-state index contributed by atoms with van der Waals surface area (Å²) < 4.78 is 11.1. The number of thiazole rings is 1. The first-order valence-corrected chi connectivity index (χ1v) is 15.4. The highest BCUT2D eigenvalue weighted by molar-refractivity contribution is 7.09. The number of hydrogen-bond acceptors (Lipinski definition) is 9. The molecule has 2 fully saturated rings. The molecule has 1 aromatic carbocycles. The number of halogens is 1. The molecule has 3 aliphatic heterocycles. The van der Waals surface area contributed by atoms with E-state index < -0.39 is 5.60 Å². The van der Waals surface area contributed by atoms with Gasteiger partial charge in [-0.15, -0.1) is 11.3 Å². The molecule has 0 aliphatic carbocycles. The minimum atomic E-state index is -0.526. The van der Waals surface area contributed by atoms with Crippen LogP contribution in [0.4, 0.5) is 10.6 Å². The first kappa shape index (κ1) is 28.7. The summed E-state index contributed by atoms with van der Waals surface area (Å²) in [5.41, 5.74) is 6.49. The van der Waals surface area contributed by atoms with Gasteiger partial charge < -0.3 is 19.3 Å². The monoisotopic (exact) mass is 606 g/mol. The van der Waals surface area contributed by atoms with Crippen molar-refractivity contribution in [1.29, 1.82) is 5.26 Å². The van der Waals surface area contributed by atoms with Gasteiger partial charge in [-0.3, -0.25) is 4.90 Å². The maximum Gasteiger partial charge on any atom is 0.410 e. The number of nitrogens with zero attached hydrogens (tertiary/aromatic N) is 6. The molecular weight excluding hydrogens is 572 g/mol. The van der Waals surface area contributed by atoms with E-state index in [1.54, 1.807) is 23.3 Å². The van der Waals surface area contributed by atoms with E-state index in [2.05, 4.69) is 20.9 Å². The molecule has 220 valence electrons. The van der Waals surface area contributed by atoms with Crippen LogP contribution in [-0.2, 0) is 24.4 Å². The predicted molar refractivity (Wildman–Crippen MR) is 163 cm³/mol. The number of ether oxygens (including phenoxy) is 2. The number of carbonyl (C=O) groups is 1. The van der Waals surface area contributed by atoms with Crippen LogP contribution in [0.5, 0.6) is 5.75 Å². The van der Waals surface area contributed by atoms with Crippen LogP contribution in [0, 0.1) is 23.7 Å². The number of carbonyl (C=O) groups excluding carboxylic acids is 1. The van der Waals surface area contributed by atoms with Gasteiger partial charge in [-0.25, -0.2) is 14.8 Å². The number of fused-ring (bicyclic) bond motifs is 1. The van der Waals surface area contributed by atoms with Crippen molar-refractivity contribution in [3.05, 3.63) is 56.1 Å². The molecule has 0 saturated carbocycles. The fourth-order valence-electron chi connectivity index (χ4n) is 6.29. The molecule has 0 bridgehead atoms. The van der Waals surface area contributed by atoms with Gasteiger partial charge in [0, 0.05) is 72.3 Å². The van der Waals surface area contributed by atoms with Gasteiger partial charge in [-0.1, -0.05) is 11.6 Å².